The lowest BCUT2D eigenvalue weighted by Gasteiger charge is -2.26. The quantitative estimate of drug-likeness (QED) is 0.495. The Hall–Kier alpha value is -3.03. The van der Waals surface area contributed by atoms with Crippen LogP contribution in [0.3, 0.4) is 0 Å². The monoisotopic (exact) mass is 403 g/mol. The zero-order valence-corrected chi connectivity index (χ0v) is 17.1. The number of nitrogens with zero attached hydrogens (tertiary/aromatic N) is 5. The normalized spacial score (nSPS) is 17.3. The molecule has 1 atom stereocenters. The summed E-state index contributed by atoms with van der Waals surface area (Å²) in [4.78, 5) is 25.3. The highest BCUT2D eigenvalue weighted by atomic mass is 16.5. The Bertz CT molecular complexity index is 1210. The van der Waals surface area contributed by atoms with Crippen molar-refractivity contribution in [1.82, 2.24) is 23.8 Å². The molecule has 7 nitrogen and oxygen atoms in total. The van der Waals surface area contributed by atoms with Crippen molar-refractivity contribution in [3.63, 3.8) is 0 Å². The predicted molar refractivity (Wildman–Crippen MR) is 115 cm³/mol. The molecule has 4 aromatic rings. The number of ether oxygens (including phenoxy) is 1. The van der Waals surface area contributed by atoms with E-state index >= 15 is 0 Å². The number of hydrogen-bond donors (Lipinski definition) is 0. The summed E-state index contributed by atoms with van der Waals surface area (Å²) < 4.78 is 9.12. The average molecular weight is 403 g/mol. The molecule has 4 heterocycles. The molecule has 1 fully saturated rings. The number of likely N-dealkylation sites (tertiary alicyclic amines) is 1. The van der Waals surface area contributed by atoms with Crippen LogP contribution in [-0.2, 0) is 17.8 Å². The van der Waals surface area contributed by atoms with E-state index in [2.05, 4.69) is 11.1 Å². The highest BCUT2D eigenvalue weighted by Crippen LogP contribution is 2.32. The van der Waals surface area contributed by atoms with Gasteiger partial charge in [-0.2, -0.15) is 0 Å². The van der Waals surface area contributed by atoms with Gasteiger partial charge < -0.3 is 9.14 Å². The fraction of sp³-hybridized carbons (Fsp3) is 0.348. The Balaban J connectivity index is 1.53. The van der Waals surface area contributed by atoms with Crippen LogP contribution in [0.5, 0.6) is 0 Å². The Kier molecular flexibility index (Phi) is 5.06. The van der Waals surface area contributed by atoms with E-state index in [4.69, 9.17) is 14.7 Å². The smallest absolute Gasteiger partial charge is 0.261 e. The predicted octanol–water partition coefficient (Wildman–Crippen LogP) is 3.03. The molecule has 1 aromatic carbocycles. The SMILES string of the molecule is COCCn1c(C2CCCN2Cc2cn3ccccc3n2)nc2ccccc2c1=O. The van der Waals surface area contributed by atoms with Gasteiger partial charge in [0.25, 0.3) is 5.56 Å². The Morgan fingerprint density at radius 3 is 2.87 bits per heavy atom. The van der Waals surface area contributed by atoms with E-state index in [9.17, 15) is 4.79 Å². The summed E-state index contributed by atoms with van der Waals surface area (Å²) in [5.74, 6) is 0.831. The molecule has 0 amide bonds. The number of aromatic nitrogens is 4. The fourth-order valence-electron chi connectivity index (χ4n) is 4.42. The summed E-state index contributed by atoms with van der Waals surface area (Å²) in [7, 11) is 1.66. The molecule has 0 aliphatic carbocycles. The molecule has 0 spiro atoms. The molecule has 0 saturated carbocycles. The van der Waals surface area contributed by atoms with Crippen LogP contribution in [0.4, 0.5) is 0 Å². The first-order valence-electron chi connectivity index (χ1n) is 10.4. The number of pyridine rings is 1. The maximum atomic E-state index is 13.2. The number of hydrogen-bond acceptors (Lipinski definition) is 5. The van der Waals surface area contributed by atoms with Crippen molar-refractivity contribution in [1.29, 1.82) is 0 Å². The van der Waals surface area contributed by atoms with Gasteiger partial charge in [0, 0.05) is 26.0 Å². The Morgan fingerprint density at radius 2 is 2.00 bits per heavy atom. The lowest BCUT2D eigenvalue weighted by Crippen LogP contribution is -2.33. The van der Waals surface area contributed by atoms with Gasteiger partial charge in [-0.05, 0) is 43.7 Å². The Morgan fingerprint density at radius 1 is 1.13 bits per heavy atom. The van der Waals surface area contributed by atoms with Crippen molar-refractivity contribution in [2.75, 3.05) is 20.3 Å². The third kappa shape index (κ3) is 3.40. The van der Waals surface area contributed by atoms with Crippen LogP contribution in [0, 0.1) is 0 Å². The molecule has 3 aromatic heterocycles. The summed E-state index contributed by atoms with van der Waals surface area (Å²) in [6, 6.07) is 13.7. The van der Waals surface area contributed by atoms with Gasteiger partial charge in [0.05, 0.1) is 35.8 Å². The minimum Gasteiger partial charge on any atom is -0.383 e. The van der Waals surface area contributed by atoms with E-state index in [1.54, 1.807) is 11.7 Å². The molecule has 0 bridgehead atoms. The van der Waals surface area contributed by atoms with Crippen LogP contribution >= 0.6 is 0 Å². The van der Waals surface area contributed by atoms with Crippen molar-refractivity contribution in [2.24, 2.45) is 0 Å². The van der Waals surface area contributed by atoms with E-state index in [-0.39, 0.29) is 11.6 Å². The van der Waals surface area contributed by atoms with E-state index in [1.165, 1.54) is 0 Å². The van der Waals surface area contributed by atoms with Crippen molar-refractivity contribution < 1.29 is 4.74 Å². The van der Waals surface area contributed by atoms with Crippen LogP contribution in [-0.4, -0.2) is 44.1 Å². The van der Waals surface area contributed by atoms with Crippen LogP contribution in [0.15, 0.2) is 59.7 Å². The Labute approximate surface area is 174 Å². The van der Waals surface area contributed by atoms with Gasteiger partial charge in [0.15, 0.2) is 0 Å². The number of benzene rings is 1. The van der Waals surface area contributed by atoms with Crippen molar-refractivity contribution in [3.05, 3.63) is 76.7 Å². The van der Waals surface area contributed by atoms with Crippen LogP contribution < -0.4 is 5.56 Å². The molecule has 0 radical (unpaired) electrons. The topological polar surface area (TPSA) is 64.7 Å². The van der Waals surface area contributed by atoms with E-state index in [0.717, 1.165) is 48.6 Å². The van der Waals surface area contributed by atoms with E-state index in [0.29, 0.717) is 18.5 Å². The van der Waals surface area contributed by atoms with Crippen molar-refractivity contribution >= 4 is 16.6 Å². The number of methoxy groups -OCH3 is 1. The number of fused-ring (bicyclic) bond motifs is 2. The molecular formula is C23H25N5O2. The van der Waals surface area contributed by atoms with Crippen LogP contribution in [0.2, 0.25) is 0 Å². The maximum Gasteiger partial charge on any atom is 0.261 e. The number of rotatable bonds is 6. The lowest BCUT2D eigenvalue weighted by molar-refractivity contribution is 0.178. The molecule has 1 unspecified atom stereocenters. The fourth-order valence-corrected chi connectivity index (χ4v) is 4.42. The molecular weight excluding hydrogens is 378 g/mol. The second-order valence-corrected chi connectivity index (χ2v) is 7.76. The second kappa shape index (κ2) is 8.01. The summed E-state index contributed by atoms with van der Waals surface area (Å²) in [6.45, 7) is 2.68. The molecule has 30 heavy (non-hydrogen) atoms. The third-order valence-electron chi connectivity index (χ3n) is 5.85. The van der Waals surface area contributed by atoms with Gasteiger partial charge in [0.1, 0.15) is 11.5 Å². The van der Waals surface area contributed by atoms with Gasteiger partial charge in [-0.3, -0.25) is 14.3 Å². The molecule has 0 N–H and O–H groups in total. The van der Waals surface area contributed by atoms with Crippen molar-refractivity contribution in [2.45, 2.75) is 32.0 Å². The van der Waals surface area contributed by atoms with Crippen LogP contribution in [0.1, 0.15) is 30.4 Å². The summed E-state index contributed by atoms with van der Waals surface area (Å²) in [6.07, 6.45) is 6.15. The zero-order valence-electron chi connectivity index (χ0n) is 17.1. The number of para-hydroxylation sites is 1. The van der Waals surface area contributed by atoms with Crippen molar-refractivity contribution in [3.8, 4) is 0 Å². The lowest BCUT2D eigenvalue weighted by atomic mass is 10.1. The molecule has 1 aliphatic rings. The first-order valence-corrected chi connectivity index (χ1v) is 10.4. The molecule has 154 valence electrons. The zero-order chi connectivity index (χ0) is 20.5. The van der Waals surface area contributed by atoms with E-state index < -0.39 is 0 Å². The third-order valence-corrected chi connectivity index (χ3v) is 5.85. The first kappa shape index (κ1) is 19.0. The minimum absolute atomic E-state index is 0.00669. The summed E-state index contributed by atoms with van der Waals surface area (Å²) >= 11 is 0. The van der Waals surface area contributed by atoms with Gasteiger partial charge in [-0.15, -0.1) is 0 Å². The second-order valence-electron chi connectivity index (χ2n) is 7.76. The average Bonchev–Trinajstić information content (AvgIpc) is 3.39. The van der Waals surface area contributed by atoms with Gasteiger partial charge in [-0.1, -0.05) is 18.2 Å². The largest absolute Gasteiger partial charge is 0.383 e. The maximum absolute atomic E-state index is 13.2. The molecule has 7 heteroatoms. The van der Waals surface area contributed by atoms with Crippen LogP contribution in [0.25, 0.3) is 16.6 Å². The highest BCUT2D eigenvalue weighted by Gasteiger charge is 2.30. The standard InChI is InChI=1S/C23H25N5O2/c1-30-14-13-28-22(25-19-8-3-2-7-18(19)23(28)29)20-9-6-12-26(20)15-17-16-27-11-5-4-10-21(27)24-17/h2-5,7-8,10-11,16,20H,6,9,12-15H2,1H3. The van der Waals surface area contributed by atoms with Gasteiger partial charge >= 0.3 is 0 Å². The highest BCUT2D eigenvalue weighted by molar-refractivity contribution is 5.77. The summed E-state index contributed by atoms with van der Waals surface area (Å²) in [5, 5.41) is 0.655. The molecule has 1 saturated heterocycles. The summed E-state index contributed by atoms with van der Waals surface area (Å²) in [5.41, 5.74) is 2.74. The molecule has 1 aliphatic heterocycles. The first-order chi connectivity index (χ1) is 14.7. The number of imidazole rings is 1. The molecule has 5 rings (SSSR count). The van der Waals surface area contributed by atoms with Gasteiger partial charge in [0.2, 0.25) is 0 Å². The minimum atomic E-state index is 0.00669. The van der Waals surface area contributed by atoms with E-state index in [1.807, 2.05) is 53.1 Å². The van der Waals surface area contributed by atoms with Gasteiger partial charge in [-0.25, -0.2) is 9.97 Å².